The fourth-order valence-corrected chi connectivity index (χ4v) is 2.83. The van der Waals surface area contributed by atoms with Crippen molar-refractivity contribution in [1.82, 2.24) is 0 Å². The highest BCUT2D eigenvalue weighted by atomic mass is 35.5. The number of nitrogen functional groups attached to an aromatic ring is 1. The number of amides is 1. The van der Waals surface area contributed by atoms with Gasteiger partial charge in [0.05, 0.1) is 21.5 Å². The molecule has 0 fully saturated rings. The predicted octanol–water partition coefficient (Wildman–Crippen LogP) is 4.45. The molecular formula is C14H11Cl2FN2OS. The molecule has 2 aromatic carbocycles. The molecular weight excluding hydrogens is 334 g/mol. The van der Waals surface area contributed by atoms with Crippen LogP contribution in [-0.2, 0) is 4.79 Å². The van der Waals surface area contributed by atoms with Crippen LogP contribution in [0.2, 0.25) is 10.0 Å². The lowest BCUT2D eigenvalue weighted by atomic mass is 10.3. The van der Waals surface area contributed by atoms with Crippen LogP contribution in [0.3, 0.4) is 0 Å². The number of benzene rings is 2. The Bertz CT molecular complexity index is 662. The van der Waals surface area contributed by atoms with Crippen LogP contribution in [0.4, 0.5) is 15.8 Å². The van der Waals surface area contributed by atoms with Crippen molar-refractivity contribution >= 4 is 52.2 Å². The normalized spacial score (nSPS) is 10.4. The van der Waals surface area contributed by atoms with E-state index < -0.39 is 5.82 Å². The Morgan fingerprint density at radius 3 is 2.52 bits per heavy atom. The summed E-state index contributed by atoms with van der Waals surface area (Å²) in [6.45, 7) is 0. The standard InChI is InChI=1S/C14H11Cl2FN2OS/c15-9-2-1-3-10(16)14(9)19-13(20)7-21-12-5-4-8(17)6-11(12)18/h1-6H,7,18H2,(H,19,20). The molecule has 0 aliphatic carbocycles. The van der Waals surface area contributed by atoms with E-state index in [0.717, 1.165) is 0 Å². The number of para-hydroxylation sites is 1. The number of rotatable bonds is 4. The lowest BCUT2D eigenvalue weighted by Crippen LogP contribution is -2.14. The summed E-state index contributed by atoms with van der Waals surface area (Å²) in [6.07, 6.45) is 0. The van der Waals surface area contributed by atoms with Gasteiger partial charge in [-0.05, 0) is 30.3 Å². The maximum Gasteiger partial charge on any atom is 0.234 e. The zero-order valence-corrected chi connectivity index (χ0v) is 13.0. The lowest BCUT2D eigenvalue weighted by Gasteiger charge is -2.09. The average Bonchev–Trinajstić information content (AvgIpc) is 2.42. The number of thioether (sulfide) groups is 1. The van der Waals surface area contributed by atoms with Gasteiger partial charge in [0.1, 0.15) is 5.82 Å². The average molecular weight is 345 g/mol. The van der Waals surface area contributed by atoms with Crippen molar-refractivity contribution in [2.75, 3.05) is 16.8 Å². The van der Waals surface area contributed by atoms with Gasteiger partial charge in [-0.2, -0.15) is 0 Å². The van der Waals surface area contributed by atoms with E-state index in [-0.39, 0.29) is 11.7 Å². The first-order valence-electron chi connectivity index (χ1n) is 5.89. The van der Waals surface area contributed by atoms with Crippen molar-refractivity contribution in [2.24, 2.45) is 0 Å². The minimum Gasteiger partial charge on any atom is -0.398 e. The number of anilines is 2. The number of nitrogens with two attached hydrogens (primary N) is 1. The van der Waals surface area contributed by atoms with Gasteiger partial charge in [0.15, 0.2) is 0 Å². The first-order valence-corrected chi connectivity index (χ1v) is 7.63. The fourth-order valence-electron chi connectivity index (χ4n) is 1.59. The third-order valence-electron chi connectivity index (χ3n) is 2.56. The van der Waals surface area contributed by atoms with Gasteiger partial charge in [-0.15, -0.1) is 11.8 Å². The zero-order chi connectivity index (χ0) is 15.4. The van der Waals surface area contributed by atoms with E-state index in [1.807, 2.05) is 0 Å². The second-order valence-electron chi connectivity index (χ2n) is 4.12. The van der Waals surface area contributed by atoms with Crippen LogP contribution in [0, 0.1) is 5.82 Å². The molecule has 2 aromatic rings. The Hall–Kier alpha value is -1.43. The van der Waals surface area contributed by atoms with E-state index >= 15 is 0 Å². The van der Waals surface area contributed by atoms with Crippen molar-refractivity contribution in [3.05, 3.63) is 52.3 Å². The molecule has 0 spiro atoms. The molecule has 0 bridgehead atoms. The molecule has 0 aliphatic heterocycles. The van der Waals surface area contributed by atoms with Crippen LogP contribution in [0.1, 0.15) is 0 Å². The number of hydrogen-bond donors (Lipinski definition) is 2. The highest BCUT2D eigenvalue weighted by molar-refractivity contribution is 8.00. The molecule has 0 unspecified atom stereocenters. The highest BCUT2D eigenvalue weighted by Gasteiger charge is 2.11. The molecule has 0 aromatic heterocycles. The number of halogens is 3. The Kier molecular flexibility index (Phi) is 5.33. The zero-order valence-electron chi connectivity index (χ0n) is 10.7. The Morgan fingerprint density at radius 1 is 1.24 bits per heavy atom. The van der Waals surface area contributed by atoms with Crippen LogP contribution in [-0.4, -0.2) is 11.7 Å². The Balaban J connectivity index is 1.99. The van der Waals surface area contributed by atoms with E-state index in [4.69, 9.17) is 28.9 Å². The topological polar surface area (TPSA) is 55.1 Å². The van der Waals surface area contributed by atoms with Gasteiger partial charge in [-0.25, -0.2) is 4.39 Å². The molecule has 7 heteroatoms. The van der Waals surface area contributed by atoms with Crippen LogP contribution >= 0.6 is 35.0 Å². The lowest BCUT2D eigenvalue weighted by molar-refractivity contribution is -0.113. The third kappa shape index (κ3) is 4.27. The Morgan fingerprint density at radius 2 is 1.90 bits per heavy atom. The van der Waals surface area contributed by atoms with Gasteiger partial charge in [0, 0.05) is 10.6 Å². The van der Waals surface area contributed by atoms with Gasteiger partial charge >= 0.3 is 0 Å². The van der Waals surface area contributed by atoms with Crippen molar-refractivity contribution in [2.45, 2.75) is 4.90 Å². The summed E-state index contributed by atoms with van der Waals surface area (Å²) in [5.41, 5.74) is 6.34. The molecule has 110 valence electrons. The van der Waals surface area contributed by atoms with Crippen LogP contribution in [0.5, 0.6) is 0 Å². The van der Waals surface area contributed by atoms with E-state index in [0.29, 0.717) is 26.3 Å². The smallest absolute Gasteiger partial charge is 0.234 e. The molecule has 1 amide bonds. The monoisotopic (exact) mass is 344 g/mol. The molecule has 0 saturated carbocycles. The van der Waals surface area contributed by atoms with Crippen molar-refractivity contribution < 1.29 is 9.18 Å². The van der Waals surface area contributed by atoms with E-state index in [1.165, 1.54) is 30.0 Å². The summed E-state index contributed by atoms with van der Waals surface area (Å²) in [4.78, 5) is 12.5. The van der Waals surface area contributed by atoms with E-state index in [2.05, 4.69) is 5.32 Å². The van der Waals surface area contributed by atoms with Crippen LogP contribution < -0.4 is 11.1 Å². The van der Waals surface area contributed by atoms with Crippen molar-refractivity contribution in [1.29, 1.82) is 0 Å². The molecule has 0 saturated heterocycles. The number of hydrogen-bond acceptors (Lipinski definition) is 3. The summed E-state index contributed by atoms with van der Waals surface area (Å²) in [5, 5.41) is 3.37. The summed E-state index contributed by atoms with van der Waals surface area (Å²) in [7, 11) is 0. The van der Waals surface area contributed by atoms with E-state index in [1.54, 1.807) is 18.2 Å². The number of carbonyl (C=O) groups is 1. The first-order chi connectivity index (χ1) is 9.97. The number of carbonyl (C=O) groups excluding carboxylic acids is 1. The molecule has 2 rings (SSSR count). The van der Waals surface area contributed by atoms with Crippen molar-refractivity contribution in [3.63, 3.8) is 0 Å². The van der Waals surface area contributed by atoms with Crippen LogP contribution in [0.15, 0.2) is 41.3 Å². The van der Waals surface area contributed by atoms with E-state index in [9.17, 15) is 9.18 Å². The molecule has 0 aliphatic rings. The maximum atomic E-state index is 12.9. The molecule has 0 atom stereocenters. The minimum absolute atomic E-state index is 0.109. The van der Waals surface area contributed by atoms with Gasteiger partial charge in [0.2, 0.25) is 5.91 Å². The van der Waals surface area contributed by atoms with Gasteiger partial charge in [0.25, 0.3) is 0 Å². The molecule has 21 heavy (non-hydrogen) atoms. The predicted molar refractivity (Wildman–Crippen MR) is 86.6 cm³/mol. The highest BCUT2D eigenvalue weighted by Crippen LogP contribution is 2.30. The SMILES string of the molecule is Nc1cc(F)ccc1SCC(=O)Nc1c(Cl)cccc1Cl. The molecule has 0 heterocycles. The second kappa shape index (κ2) is 7.02. The van der Waals surface area contributed by atoms with Crippen LogP contribution in [0.25, 0.3) is 0 Å². The summed E-state index contributed by atoms with van der Waals surface area (Å²) >= 11 is 13.1. The quantitative estimate of drug-likeness (QED) is 0.636. The van der Waals surface area contributed by atoms with Gasteiger partial charge in [-0.1, -0.05) is 29.3 Å². The minimum atomic E-state index is -0.413. The van der Waals surface area contributed by atoms with Gasteiger partial charge in [-0.3, -0.25) is 4.79 Å². The summed E-state index contributed by atoms with van der Waals surface area (Å²) in [6, 6.07) is 8.99. The van der Waals surface area contributed by atoms with Crippen molar-refractivity contribution in [3.8, 4) is 0 Å². The number of nitrogens with one attached hydrogen (secondary N) is 1. The largest absolute Gasteiger partial charge is 0.398 e. The summed E-state index contributed by atoms with van der Waals surface area (Å²) < 4.78 is 12.9. The molecule has 0 radical (unpaired) electrons. The fraction of sp³-hybridized carbons (Fsp3) is 0.0714. The Labute approximate surface area is 135 Å². The summed E-state index contributed by atoms with van der Waals surface area (Å²) in [5.74, 6) is -0.583. The maximum absolute atomic E-state index is 12.9. The molecule has 3 N–H and O–H groups in total. The second-order valence-corrected chi connectivity index (χ2v) is 5.95. The third-order valence-corrected chi connectivity index (χ3v) is 4.28. The molecule has 3 nitrogen and oxygen atoms in total. The first kappa shape index (κ1) is 15.9. The van der Waals surface area contributed by atoms with Gasteiger partial charge < -0.3 is 11.1 Å².